The first-order valence-electron chi connectivity index (χ1n) is 37.9. The molecule has 0 spiro atoms. The van der Waals surface area contributed by atoms with Crippen molar-refractivity contribution in [2.24, 2.45) is 5.73 Å². The Morgan fingerprint density at radius 1 is 0.436 bits per heavy atom. The van der Waals surface area contributed by atoms with E-state index in [0.717, 1.165) is 33.3 Å². The number of nitrogens with one attached hydrogen (secondary N) is 11. The first-order chi connectivity index (χ1) is 55.6. The lowest BCUT2D eigenvalue weighted by molar-refractivity contribution is -0.140. The Balaban J connectivity index is 1.62. The zero-order valence-corrected chi connectivity index (χ0v) is 70.5. The van der Waals surface area contributed by atoms with Crippen LogP contribution in [0.15, 0.2) is 49.4 Å². The Bertz CT molecular complexity index is 3320. The van der Waals surface area contributed by atoms with Crippen molar-refractivity contribution < 1.29 is 125 Å². The number of nitrogens with zero attached hydrogens (tertiary/aromatic N) is 2. The van der Waals surface area contributed by atoms with E-state index < -0.39 is 111 Å². The Morgan fingerprint density at radius 2 is 0.786 bits per heavy atom. The van der Waals surface area contributed by atoms with Gasteiger partial charge in [-0.3, -0.25) is 86.5 Å². The van der Waals surface area contributed by atoms with Crippen molar-refractivity contribution in [3.05, 3.63) is 49.4 Å². The molecule has 15 N–H and O–H groups in total. The minimum atomic E-state index is -1.08. The van der Waals surface area contributed by atoms with Crippen molar-refractivity contribution in [3.8, 4) is 0 Å². The van der Waals surface area contributed by atoms with Gasteiger partial charge in [0.2, 0.25) is 94.5 Å². The SMILES string of the molecule is C=C(COCCC(=O)NCCCCC(NC(=O)CCOCC(=C)OCCNC(=O)CCOCC(=C)OCCNC(=O)C(CSC1CC(=O)N(CCC(=O)NCCO)C1=O)NC(C)=O)C(=O)NC(CSSC(C)(C)C)C(N)=O)OCCNC(=O)CCOCC(=C)OCCNC(=O)C(CSC1CC(=O)N(CCC(=O)NCCO)C1=O)NC(C)=O. The second-order valence-corrected chi connectivity index (χ2v) is 32.6. The molecule has 117 heavy (non-hydrogen) atoms. The molecule has 0 saturated carbocycles. The van der Waals surface area contributed by atoms with Gasteiger partial charge in [-0.2, -0.15) is 0 Å². The van der Waals surface area contributed by atoms with Gasteiger partial charge in [0.05, 0.1) is 76.3 Å². The van der Waals surface area contributed by atoms with E-state index in [1.807, 2.05) is 20.8 Å². The molecule has 2 saturated heterocycles. The van der Waals surface area contributed by atoms with Gasteiger partial charge in [-0.1, -0.05) is 68.7 Å². The number of carbonyl (C=O) groups is 16. The molecule has 0 bridgehead atoms. The van der Waals surface area contributed by atoms with E-state index in [-0.39, 0.29) is 272 Å². The third kappa shape index (κ3) is 49.9. The molecule has 2 rings (SSSR count). The van der Waals surface area contributed by atoms with E-state index in [9.17, 15) is 76.7 Å². The number of unbranched alkanes of at least 4 members (excludes halogenated alkanes) is 1. The van der Waals surface area contributed by atoms with Gasteiger partial charge in [0.1, 0.15) is 100 Å². The highest BCUT2D eigenvalue weighted by Crippen LogP contribution is 2.35. The summed E-state index contributed by atoms with van der Waals surface area (Å²) in [6, 6.07) is -4.19. The summed E-state index contributed by atoms with van der Waals surface area (Å²) in [5.74, 6) is -6.76. The molecule has 0 radical (unpaired) electrons. The number of likely N-dealkylation sites (tertiary alicyclic amines) is 2. The summed E-state index contributed by atoms with van der Waals surface area (Å²) in [6.07, 6.45) is 0.254. The second kappa shape index (κ2) is 60.7. The molecule has 44 heteroatoms. The molecule has 2 aliphatic heterocycles. The van der Waals surface area contributed by atoms with E-state index in [1.54, 1.807) is 0 Å². The van der Waals surface area contributed by atoms with Crippen LogP contribution in [-0.2, 0) is 115 Å². The van der Waals surface area contributed by atoms with Crippen molar-refractivity contribution in [1.82, 2.24) is 68.3 Å². The second-order valence-electron chi connectivity index (χ2n) is 26.9. The van der Waals surface area contributed by atoms with Crippen molar-refractivity contribution in [2.75, 3.05) is 169 Å². The van der Waals surface area contributed by atoms with Gasteiger partial charge in [-0.05, 0) is 19.3 Å². The minimum Gasteiger partial charge on any atom is -0.494 e. The monoisotopic (exact) mass is 1730 g/mol. The Labute approximate surface area is 697 Å². The molecule has 6 atom stereocenters. The molecule has 2 aliphatic rings. The number of nitrogens with two attached hydrogens (primary N) is 1. The van der Waals surface area contributed by atoms with Gasteiger partial charge in [-0.25, -0.2) is 0 Å². The van der Waals surface area contributed by atoms with E-state index in [2.05, 4.69) is 84.8 Å². The van der Waals surface area contributed by atoms with Gasteiger partial charge >= 0.3 is 0 Å². The summed E-state index contributed by atoms with van der Waals surface area (Å²) in [5.41, 5.74) is 5.66. The van der Waals surface area contributed by atoms with Crippen LogP contribution in [0.1, 0.15) is 105 Å². The standard InChI is InChI=1S/C73H118N14O26S4/c1-47(110-34-22-78-62(95)16-31-107-41-49(3)112-36-24-80-68(101)55(82-51(5)90)44-114-57-38-65(98)86(71(57)104)26-13-59(92)76-20-28-88)40-106-30-15-61(94)75-19-11-10-12-53(70(103)85-54(67(74)100)46-116-117-73(7,8)9)84-64(97)18-33-109-43-48(2)111-35-23-79-63(96)17-32-108-42-50(4)113-37-25-81-69(102)56(83-52(6)91)45-115-58-39-66(99)87(72(58)105)27-14-60(93)77-21-29-89/h53-58,88-89H,1-4,10-46H2,5-9H3,(H2,74,100)(H,75,94)(H,76,92)(H,77,93)(H,78,95)(H,79,96)(H,80,101)(H,81,102)(H,82,90)(H,83,91)(H,84,97)(H,85,103). The van der Waals surface area contributed by atoms with Crippen LogP contribution in [0, 0.1) is 0 Å². The lowest BCUT2D eigenvalue weighted by Gasteiger charge is -2.23. The fourth-order valence-electron chi connectivity index (χ4n) is 9.89. The van der Waals surface area contributed by atoms with E-state index in [1.165, 1.54) is 35.4 Å². The Hall–Kier alpha value is -8.76. The van der Waals surface area contributed by atoms with Gasteiger partial charge in [-0.15, -0.1) is 23.5 Å². The number of rotatable bonds is 68. The molecule has 2 heterocycles. The largest absolute Gasteiger partial charge is 0.494 e. The minimum absolute atomic E-state index is 0.00641. The maximum atomic E-state index is 13.6. The molecule has 0 aromatic heterocycles. The number of hydrogen-bond acceptors (Lipinski definition) is 30. The lowest BCUT2D eigenvalue weighted by atomic mass is 10.1. The average Bonchev–Trinajstić information content (AvgIpc) is 1.68. The van der Waals surface area contributed by atoms with Crippen molar-refractivity contribution >= 4 is 140 Å². The normalized spacial score (nSPS) is 14.8. The first-order valence-corrected chi connectivity index (χ1v) is 42.3. The average molecular weight is 1740 g/mol. The Kier molecular flexibility index (Phi) is 54.1. The van der Waals surface area contributed by atoms with Gasteiger partial charge < -0.3 is 112 Å². The first kappa shape index (κ1) is 104. The van der Waals surface area contributed by atoms with Gasteiger partial charge in [0, 0.05) is 120 Å². The summed E-state index contributed by atoms with van der Waals surface area (Å²) >= 11 is 2.06. The molecule has 660 valence electrons. The summed E-state index contributed by atoms with van der Waals surface area (Å²) in [7, 11) is 2.87. The number of hydrogen-bond donors (Lipinski definition) is 14. The van der Waals surface area contributed by atoms with Crippen LogP contribution in [0.5, 0.6) is 0 Å². The molecular weight excluding hydrogens is 1620 g/mol. The smallest absolute Gasteiger partial charge is 0.243 e. The predicted octanol–water partition coefficient (Wildman–Crippen LogP) is -3.15. The van der Waals surface area contributed by atoms with Crippen LogP contribution in [0.2, 0.25) is 0 Å². The quantitative estimate of drug-likeness (QED) is 0.0124. The molecule has 16 amide bonds. The van der Waals surface area contributed by atoms with E-state index >= 15 is 0 Å². The van der Waals surface area contributed by atoms with Crippen LogP contribution in [0.3, 0.4) is 0 Å². The maximum absolute atomic E-state index is 13.6. The molecule has 0 aromatic rings. The van der Waals surface area contributed by atoms with Crippen molar-refractivity contribution in [2.45, 2.75) is 145 Å². The van der Waals surface area contributed by atoms with Crippen molar-refractivity contribution in [1.29, 1.82) is 0 Å². The molecule has 0 aromatic carbocycles. The van der Waals surface area contributed by atoms with Gasteiger partial charge in [0.25, 0.3) is 0 Å². The number of aliphatic hydroxyl groups is 2. The highest BCUT2D eigenvalue weighted by atomic mass is 33.1. The van der Waals surface area contributed by atoms with E-state index in [4.69, 9.17) is 53.8 Å². The fraction of sp³-hybridized carbons (Fsp3) is 0.671. The third-order valence-corrected chi connectivity index (χ3v) is 21.6. The molecule has 6 unspecified atom stereocenters. The summed E-state index contributed by atoms with van der Waals surface area (Å²) in [4.78, 5) is 203. The third-order valence-electron chi connectivity index (χ3n) is 15.6. The van der Waals surface area contributed by atoms with Crippen molar-refractivity contribution in [3.63, 3.8) is 0 Å². The zero-order chi connectivity index (χ0) is 87.1. The van der Waals surface area contributed by atoms with Gasteiger partial charge in [0.15, 0.2) is 0 Å². The molecule has 2 fully saturated rings. The van der Waals surface area contributed by atoms with Crippen LogP contribution >= 0.6 is 45.1 Å². The number of imide groups is 2. The highest BCUT2D eigenvalue weighted by Gasteiger charge is 2.41. The number of thioether (sulfide) groups is 2. The summed E-state index contributed by atoms with van der Waals surface area (Å²) in [5, 5.41) is 44.9. The lowest BCUT2D eigenvalue weighted by Crippen LogP contribution is -2.53. The van der Waals surface area contributed by atoms with Crippen LogP contribution in [-0.4, -0.2) is 323 Å². The molecular formula is C73H118N14O26S4. The number of ether oxygens (including phenoxy) is 8. The summed E-state index contributed by atoms with van der Waals surface area (Å²) < 4.78 is 44.0. The summed E-state index contributed by atoms with van der Waals surface area (Å²) in [6.45, 7) is 23.3. The maximum Gasteiger partial charge on any atom is 0.243 e. The topological polar surface area (TPSA) is 552 Å². The van der Waals surface area contributed by atoms with E-state index in [0.29, 0.717) is 12.8 Å². The molecule has 40 nitrogen and oxygen atoms in total. The van der Waals surface area contributed by atoms with Crippen LogP contribution in [0.25, 0.3) is 0 Å². The number of primary amides is 1. The zero-order valence-electron chi connectivity index (χ0n) is 67.3. The van der Waals surface area contributed by atoms with Crippen LogP contribution in [0.4, 0.5) is 0 Å². The molecule has 0 aliphatic carbocycles. The highest BCUT2D eigenvalue weighted by molar-refractivity contribution is 8.77. The Morgan fingerprint density at radius 3 is 1.15 bits per heavy atom. The number of carbonyl (C=O) groups excluding carboxylic acids is 16. The van der Waals surface area contributed by atoms with Crippen LogP contribution < -0.4 is 64.2 Å². The number of amides is 16. The number of aliphatic hydroxyl groups excluding tert-OH is 2. The predicted molar refractivity (Wildman–Crippen MR) is 434 cm³/mol. The fourth-order valence-corrected chi connectivity index (χ4v) is 14.7.